The largest absolute Gasteiger partial charge is 0.423 e. The van der Waals surface area contributed by atoms with E-state index >= 15 is 0 Å². The lowest BCUT2D eigenvalue weighted by molar-refractivity contribution is -0.134. The highest BCUT2D eigenvalue weighted by Crippen LogP contribution is 2.50. The van der Waals surface area contributed by atoms with Crippen molar-refractivity contribution < 1.29 is 19.1 Å². The molecule has 0 saturated heterocycles. The van der Waals surface area contributed by atoms with Crippen molar-refractivity contribution in [3.8, 4) is 22.6 Å². The van der Waals surface area contributed by atoms with Gasteiger partial charge in [-0.1, -0.05) is 24.3 Å². The number of benzene rings is 2. The predicted octanol–water partition coefficient (Wildman–Crippen LogP) is 3.29. The molecule has 0 unspecified atom stereocenters. The van der Waals surface area contributed by atoms with Gasteiger partial charge in [-0.3, -0.25) is 14.5 Å². The molecule has 5 nitrogen and oxygen atoms in total. The lowest BCUT2D eigenvalue weighted by atomic mass is 9.77. The number of carbonyl (C=O) groups is 2. The van der Waals surface area contributed by atoms with Crippen LogP contribution in [0.25, 0.3) is 11.1 Å². The predicted molar refractivity (Wildman–Crippen MR) is 97.3 cm³/mol. The van der Waals surface area contributed by atoms with Gasteiger partial charge in [0.25, 0.3) is 0 Å². The summed E-state index contributed by atoms with van der Waals surface area (Å²) in [6.45, 7) is 3.72. The van der Waals surface area contributed by atoms with Gasteiger partial charge in [0.15, 0.2) is 11.5 Å². The fraction of sp³-hybridized carbons (Fsp3) is 0.333. The van der Waals surface area contributed by atoms with Crippen molar-refractivity contribution in [3.05, 3.63) is 47.0 Å². The summed E-state index contributed by atoms with van der Waals surface area (Å²) in [6, 6.07) is 10.3. The SMILES string of the molecule is CC(=O)Oc1ccc2c(c1OC(C)=O)-c1cccc3c1[C@@H](C2)N(C)CC3. The Labute approximate surface area is 152 Å². The molecule has 1 heterocycles. The zero-order valence-electron chi connectivity index (χ0n) is 15.2. The smallest absolute Gasteiger partial charge is 0.308 e. The minimum Gasteiger partial charge on any atom is -0.423 e. The van der Waals surface area contributed by atoms with E-state index in [2.05, 4.69) is 24.1 Å². The van der Waals surface area contributed by atoms with Gasteiger partial charge in [-0.25, -0.2) is 0 Å². The number of hydrogen-bond donors (Lipinski definition) is 0. The molecule has 2 aromatic carbocycles. The minimum absolute atomic E-state index is 0.284. The molecule has 0 fully saturated rings. The number of nitrogens with zero attached hydrogens (tertiary/aromatic N) is 1. The van der Waals surface area contributed by atoms with Crippen LogP contribution in [0.1, 0.15) is 36.6 Å². The van der Waals surface area contributed by atoms with Gasteiger partial charge in [0.2, 0.25) is 0 Å². The number of fused-ring (bicyclic) bond motifs is 2. The molecule has 5 heteroatoms. The van der Waals surface area contributed by atoms with Crippen molar-refractivity contribution in [1.82, 2.24) is 4.90 Å². The zero-order valence-corrected chi connectivity index (χ0v) is 15.2. The average molecular weight is 351 g/mol. The van der Waals surface area contributed by atoms with Crippen LogP contribution in [0.3, 0.4) is 0 Å². The first-order chi connectivity index (χ1) is 12.5. The normalized spacial score (nSPS) is 17.9. The monoisotopic (exact) mass is 351 g/mol. The summed E-state index contributed by atoms with van der Waals surface area (Å²) in [4.78, 5) is 25.6. The van der Waals surface area contributed by atoms with Crippen LogP contribution in [0.2, 0.25) is 0 Å². The first-order valence-electron chi connectivity index (χ1n) is 8.81. The molecule has 0 spiro atoms. The summed E-state index contributed by atoms with van der Waals surface area (Å²) in [5.74, 6) is -0.255. The molecule has 1 atom stereocenters. The van der Waals surface area contributed by atoms with Gasteiger partial charge >= 0.3 is 11.9 Å². The van der Waals surface area contributed by atoms with Gasteiger partial charge in [-0.05, 0) is 48.2 Å². The Balaban J connectivity index is 1.97. The highest BCUT2D eigenvalue weighted by molar-refractivity contribution is 5.86. The summed E-state index contributed by atoms with van der Waals surface area (Å²) in [5, 5.41) is 0. The van der Waals surface area contributed by atoms with Crippen molar-refractivity contribution in [2.45, 2.75) is 32.7 Å². The van der Waals surface area contributed by atoms with Crippen LogP contribution in [0.15, 0.2) is 30.3 Å². The van der Waals surface area contributed by atoms with E-state index in [9.17, 15) is 9.59 Å². The standard InChI is InChI=1S/C21H21NO4/c1-12(23)25-18-8-7-15-11-17-19-14(9-10-22(17)3)5-4-6-16(19)20(15)21(18)26-13(2)24/h4-8,17H,9-11H2,1-3H3/t17-/m1/s1. The number of rotatable bonds is 2. The van der Waals surface area contributed by atoms with Crippen molar-refractivity contribution in [2.75, 3.05) is 13.6 Å². The number of esters is 2. The lowest BCUT2D eigenvalue weighted by Gasteiger charge is -2.40. The summed E-state index contributed by atoms with van der Waals surface area (Å²) >= 11 is 0. The highest BCUT2D eigenvalue weighted by atomic mass is 16.6. The molecule has 0 aromatic heterocycles. The van der Waals surface area contributed by atoms with E-state index in [1.165, 1.54) is 25.0 Å². The highest BCUT2D eigenvalue weighted by Gasteiger charge is 2.35. The molecule has 26 heavy (non-hydrogen) atoms. The van der Waals surface area contributed by atoms with Crippen molar-refractivity contribution in [3.63, 3.8) is 0 Å². The molecule has 4 rings (SSSR count). The Morgan fingerprint density at radius 1 is 1.04 bits per heavy atom. The number of likely N-dealkylation sites (N-methyl/N-ethyl adjacent to an activating group) is 1. The fourth-order valence-corrected chi connectivity index (χ4v) is 4.13. The average Bonchev–Trinajstić information content (AvgIpc) is 2.59. The van der Waals surface area contributed by atoms with Crippen molar-refractivity contribution in [2.24, 2.45) is 0 Å². The summed E-state index contributed by atoms with van der Waals surface area (Å²) < 4.78 is 10.8. The lowest BCUT2D eigenvalue weighted by Crippen LogP contribution is -2.35. The van der Waals surface area contributed by atoms with Gasteiger partial charge in [-0.15, -0.1) is 0 Å². The van der Waals surface area contributed by atoms with E-state index in [-0.39, 0.29) is 5.75 Å². The van der Waals surface area contributed by atoms with E-state index in [0.29, 0.717) is 11.8 Å². The molecular weight excluding hydrogens is 330 g/mol. The summed E-state index contributed by atoms with van der Waals surface area (Å²) in [7, 11) is 2.15. The Morgan fingerprint density at radius 3 is 2.54 bits per heavy atom. The van der Waals surface area contributed by atoms with Gasteiger partial charge < -0.3 is 9.47 Å². The van der Waals surface area contributed by atoms with Crippen LogP contribution < -0.4 is 9.47 Å². The maximum atomic E-state index is 11.7. The van der Waals surface area contributed by atoms with Crippen LogP contribution in [0.4, 0.5) is 0 Å². The molecule has 0 amide bonds. The summed E-state index contributed by atoms with van der Waals surface area (Å²) in [5.41, 5.74) is 5.65. The van der Waals surface area contributed by atoms with Crippen LogP contribution in [-0.4, -0.2) is 30.4 Å². The second kappa shape index (κ2) is 6.25. The topological polar surface area (TPSA) is 55.8 Å². The maximum Gasteiger partial charge on any atom is 0.308 e. The van der Waals surface area contributed by atoms with Crippen molar-refractivity contribution >= 4 is 11.9 Å². The van der Waals surface area contributed by atoms with Crippen LogP contribution in [0.5, 0.6) is 11.5 Å². The number of ether oxygens (including phenoxy) is 2. The van der Waals surface area contributed by atoms with Crippen molar-refractivity contribution in [1.29, 1.82) is 0 Å². The molecule has 0 N–H and O–H groups in total. The molecule has 1 aliphatic heterocycles. The molecule has 0 bridgehead atoms. The van der Waals surface area contributed by atoms with Gasteiger partial charge in [-0.2, -0.15) is 0 Å². The minimum atomic E-state index is -0.443. The van der Waals surface area contributed by atoms with E-state index in [4.69, 9.17) is 9.47 Å². The molecule has 134 valence electrons. The Morgan fingerprint density at radius 2 is 1.81 bits per heavy atom. The third-order valence-electron chi connectivity index (χ3n) is 5.19. The van der Waals surface area contributed by atoms with Crippen LogP contribution in [-0.2, 0) is 22.4 Å². The van der Waals surface area contributed by atoms with E-state index in [1.54, 1.807) is 6.07 Å². The molecule has 1 aliphatic carbocycles. The molecular formula is C21H21NO4. The van der Waals surface area contributed by atoms with Crippen LogP contribution >= 0.6 is 0 Å². The maximum absolute atomic E-state index is 11.7. The fourth-order valence-electron chi connectivity index (χ4n) is 4.13. The van der Waals surface area contributed by atoms with Gasteiger partial charge in [0.1, 0.15) is 0 Å². The Bertz CT molecular complexity index is 918. The number of hydrogen-bond acceptors (Lipinski definition) is 5. The second-order valence-corrected chi connectivity index (χ2v) is 6.94. The Hall–Kier alpha value is -2.66. The molecule has 2 aromatic rings. The third kappa shape index (κ3) is 2.69. The van der Waals surface area contributed by atoms with Gasteiger partial charge in [0.05, 0.1) is 0 Å². The van der Waals surface area contributed by atoms with E-state index < -0.39 is 11.9 Å². The quantitative estimate of drug-likeness (QED) is 0.614. The molecule has 2 aliphatic rings. The Kier molecular flexibility index (Phi) is 4.04. The molecule has 0 saturated carbocycles. The van der Waals surface area contributed by atoms with E-state index in [0.717, 1.165) is 36.1 Å². The zero-order chi connectivity index (χ0) is 18.4. The molecule has 0 radical (unpaired) electrons. The summed E-state index contributed by atoms with van der Waals surface area (Å²) in [6.07, 6.45) is 1.84. The third-order valence-corrected chi connectivity index (χ3v) is 5.19. The second-order valence-electron chi connectivity index (χ2n) is 6.94. The van der Waals surface area contributed by atoms with E-state index in [1.807, 2.05) is 12.1 Å². The van der Waals surface area contributed by atoms with Gasteiger partial charge in [0, 0.05) is 32.0 Å². The first-order valence-corrected chi connectivity index (χ1v) is 8.81. The number of carbonyl (C=O) groups excluding carboxylic acids is 2. The first kappa shape index (κ1) is 16.8. The van der Waals surface area contributed by atoms with Crippen LogP contribution in [0, 0.1) is 0 Å².